The highest BCUT2D eigenvalue weighted by molar-refractivity contribution is 5.97. The summed E-state index contributed by atoms with van der Waals surface area (Å²) in [4.78, 5) is 23.9. The van der Waals surface area contributed by atoms with Crippen LogP contribution in [0.15, 0.2) is 42.9 Å². The average molecular weight is 369 g/mol. The molecule has 2 heterocycles. The largest absolute Gasteiger partial charge is 0.494 e. The van der Waals surface area contributed by atoms with Gasteiger partial charge in [-0.2, -0.15) is 0 Å². The number of methoxy groups -OCH3 is 2. The maximum absolute atomic E-state index is 13.1. The molecule has 138 valence electrons. The zero-order chi connectivity index (χ0) is 19.4. The number of hydrogen-bond acceptors (Lipinski definition) is 8. The molecule has 8 nitrogen and oxygen atoms in total. The van der Waals surface area contributed by atoms with Gasteiger partial charge in [-0.1, -0.05) is 6.07 Å². The van der Waals surface area contributed by atoms with E-state index in [2.05, 4.69) is 20.3 Å². The van der Waals surface area contributed by atoms with Crippen molar-refractivity contribution in [3.05, 3.63) is 54.2 Å². The fourth-order valence-electron chi connectivity index (χ4n) is 2.48. The number of aromatic nitrogens is 3. The Morgan fingerprint density at radius 2 is 1.85 bits per heavy atom. The topological polar surface area (TPSA) is 112 Å². The molecule has 0 aliphatic carbocycles. The number of esters is 1. The SMILES string of the molecule is COC(=O)c1cnc(N)cc1Nc1cccc(-c2ncc(F)cn2)c1OC. The van der Waals surface area contributed by atoms with Gasteiger partial charge >= 0.3 is 5.97 Å². The molecule has 0 aliphatic heterocycles. The lowest BCUT2D eigenvalue weighted by molar-refractivity contribution is 0.0601. The number of hydrogen-bond donors (Lipinski definition) is 2. The van der Waals surface area contributed by atoms with Crippen LogP contribution >= 0.6 is 0 Å². The molecule has 0 aliphatic rings. The third-order valence-corrected chi connectivity index (χ3v) is 3.68. The normalized spacial score (nSPS) is 10.3. The van der Waals surface area contributed by atoms with E-state index in [0.29, 0.717) is 28.5 Å². The van der Waals surface area contributed by atoms with Crippen LogP contribution in [0.1, 0.15) is 10.4 Å². The number of anilines is 3. The van der Waals surface area contributed by atoms with Crippen LogP contribution in [0, 0.1) is 5.82 Å². The van der Waals surface area contributed by atoms with Crippen LogP contribution in [-0.2, 0) is 4.74 Å². The Kier molecular flexibility index (Phi) is 5.11. The summed E-state index contributed by atoms with van der Waals surface area (Å²) in [6.07, 6.45) is 3.46. The van der Waals surface area contributed by atoms with Crippen LogP contribution < -0.4 is 15.8 Å². The Morgan fingerprint density at radius 1 is 1.11 bits per heavy atom. The molecule has 0 spiro atoms. The Balaban J connectivity index is 2.06. The number of carbonyl (C=O) groups excluding carboxylic acids is 1. The van der Waals surface area contributed by atoms with Gasteiger partial charge in [0.05, 0.1) is 43.6 Å². The number of rotatable bonds is 5. The summed E-state index contributed by atoms with van der Waals surface area (Å²) in [7, 11) is 2.76. The summed E-state index contributed by atoms with van der Waals surface area (Å²) in [6, 6.07) is 6.73. The number of nitrogen functional groups attached to an aromatic ring is 1. The molecular formula is C18H16FN5O3. The van der Waals surface area contributed by atoms with Gasteiger partial charge in [0.25, 0.3) is 0 Å². The summed E-state index contributed by atoms with van der Waals surface area (Å²) in [5.74, 6) is -0.180. The second-order valence-corrected chi connectivity index (χ2v) is 5.38. The first kappa shape index (κ1) is 18.1. The van der Waals surface area contributed by atoms with E-state index in [-0.39, 0.29) is 11.4 Å². The van der Waals surface area contributed by atoms with Crippen molar-refractivity contribution in [2.75, 3.05) is 25.3 Å². The maximum Gasteiger partial charge on any atom is 0.341 e. The number of nitrogens with zero attached hydrogens (tertiary/aromatic N) is 3. The minimum absolute atomic E-state index is 0.206. The number of para-hydroxylation sites is 1. The summed E-state index contributed by atoms with van der Waals surface area (Å²) in [5.41, 5.74) is 7.41. The molecule has 3 N–H and O–H groups in total. The number of ether oxygens (including phenoxy) is 2. The van der Waals surface area contributed by atoms with Gasteiger partial charge in [-0.3, -0.25) is 0 Å². The highest BCUT2D eigenvalue weighted by Crippen LogP contribution is 2.37. The fourth-order valence-corrected chi connectivity index (χ4v) is 2.48. The van der Waals surface area contributed by atoms with Crippen LogP contribution in [0.4, 0.5) is 21.6 Å². The molecule has 9 heteroatoms. The predicted molar refractivity (Wildman–Crippen MR) is 97.2 cm³/mol. The zero-order valence-electron chi connectivity index (χ0n) is 14.6. The molecular weight excluding hydrogens is 353 g/mol. The molecule has 1 aromatic carbocycles. The Morgan fingerprint density at radius 3 is 2.52 bits per heavy atom. The maximum atomic E-state index is 13.1. The first-order valence-corrected chi connectivity index (χ1v) is 7.79. The minimum atomic E-state index is -0.568. The number of nitrogens with two attached hydrogens (primary N) is 1. The van der Waals surface area contributed by atoms with Crippen molar-refractivity contribution in [2.24, 2.45) is 0 Å². The van der Waals surface area contributed by atoms with E-state index in [1.165, 1.54) is 26.5 Å². The highest BCUT2D eigenvalue weighted by atomic mass is 19.1. The molecule has 0 fully saturated rings. The van der Waals surface area contributed by atoms with Gasteiger partial charge in [-0.15, -0.1) is 0 Å². The third-order valence-electron chi connectivity index (χ3n) is 3.68. The van der Waals surface area contributed by atoms with Crippen LogP contribution in [-0.4, -0.2) is 35.1 Å². The van der Waals surface area contributed by atoms with Gasteiger partial charge in [-0.25, -0.2) is 24.1 Å². The van der Waals surface area contributed by atoms with Crippen molar-refractivity contribution >= 4 is 23.2 Å². The lowest BCUT2D eigenvalue weighted by Crippen LogP contribution is -2.08. The van der Waals surface area contributed by atoms with E-state index in [1.54, 1.807) is 18.2 Å². The van der Waals surface area contributed by atoms with Crippen LogP contribution in [0.3, 0.4) is 0 Å². The van der Waals surface area contributed by atoms with Crippen molar-refractivity contribution in [3.8, 4) is 17.1 Å². The molecule has 0 saturated carbocycles. The molecule has 0 unspecified atom stereocenters. The van der Waals surface area contributed by atoms with E-state index < -0.39 is 11.8 Å². The molecule has 0 bridgehead atoms. The van der Waals surface area contributed by atoms with Crippen LogP contribution in [0.2, 0.25) is 0 Å². The van der Waals surface area contributed by atoms with Gasteiger partial charge in [0.2, 0.25) is 0 Å². The molecule has 27 heavy (non-hydrogen) atoms. The van der Waals surface area contributed by atoms with Crippen LogP contribution in [0.25, 0.3) is 11.4 Å². The quantitative estimate of drug-likeness (QED) is 0.660. The van der Waals surface area contributed by atoms with Crippen molar-refractivity contribution in [3.63, 3.8) is 0 Å². The molecule has 2 aromatic heterocycles. The third kappa shape index (κ3) is 3.76. The molecule has 0 saturated heterocycles. The van der Waals surface area contributed by atoms with Gasteiger partial charge < -0.3 is 20.5 Å². The molecule has 3 rings (SSSR count). The number of benzene rings is 1. The molecule has 0 amide bonds. The predicted octanol–water partition coefficient (Wildman–Crippen LogP) is 2.80. The van der Waals surface area contributed by atoms with E-state index in [9.17, 15) is 9.18 Å². The van der Waals surface area contributed by atoms with E-state index >= 15 is 0 Å². The second kappa shape index (κ2) is 7.65. The van der Waals surface area contributed by atoms with Crippen molar-refractivity contribution in [1.82, 2.24) is 15.0 Å². The fraction of sp³-hybridized carbons (Fsp3) is 0.111. The van der Waals surface area contributed by atoms with Crippen LogP contribution in [0.5, 0.6) is 5.75 Å². The Hall–Kier alpha value is -3.75. The van der Waals surface area contributed by atoms with E-state index in [1.807, 2.05) is 0 Å². The lowest BCUT2D eigenvalue weighted by Gasteiger charge is -2.16. The molecule has 0 radical (unpaired) electrons. The summed E-state index contributed by atoms with van der Waals surface area (Å²) in [6.45, 7) is 0. The van der Waals surface area contributed by atoms with Gasteiger partial charge in [0.1, 0.15) is 11.4 Å². The first-order valence-electron chi connectivity index (χ1n) is 7.79. The smallest absolute Gasteiger partial charge is 0.341 e. The van der Waals surface area contributed by atoms with Crippen molar-refractivity contribution in [1.29, 1.82) is 0 Å². The Labute approximate surface area is 154 Å². The van der Waals surface area contributed by atoms with Gasteiger partial charge in [0, 0.05) is 12.3 Å². The monoisotopic (exact) mass is 369 g/mol. The summed E-state index contributed by atoms with van der Waals surface area (Å²) >= 11 is 0. The highest BCUT2D eigenvalue weighted by Gasteiger charge is 2.17. The van der Waals surface area contributed by atoms with Crippen molar-refractivity contribution < 1.29 is 18.7 Å². The number of pyridine rings is 1. The second-order valence-electron chi connectivity index (χ2n) is 5.38. The average Bonchev–Trinajstić information content (AvgIpc) is 2.68. The summed E-state index contributed by atoms with van der Waals surface area (Å²) in [5, 5.41) is 3.09. The van der Waals surface area contributed by atoms with Gasteiger partial charge in [0.15, 0.2) is 17.4 Å². The molecule has 0 atom stereocenters. The number of nitrogens with one attached hydrogen (secondary N) is 1. The van der Waals surface area contributed by atoms with E-state index in [4.69, 9.17) is 15.2 Å². The van der Waals surface area contributed by atoms with Crippen molar-refractivity contribution in [2.45, 2.75) is 0 Å². The minimum Gasteiger partial charge on any atom is -0.494 e. The summed E-state index contributed by atoms with van der Waals surface area (Å²) < 4.78 is 23.4. The van der Waals surface area contributed by atoms with E-state index in [0.717, 1.165) is 12.4 Å². The van der Waals surface area contributed by atoms with Gasteiger partial charge in [-0.05, 0) is 12.1 Å². The number of halogens is 1. The first-order chi connectivity index (χ1) is 13.0. The Bertz CT molecular complexity index is 979. The zero-order valence-corrected chi connectivity index (χ0v) is 14.6. The molecule has 3 aromatic rings. The number of carbonyl (C=O) groups is 1. The lowest BCUT2D eigenvalue weighted by atomic mass is 10.1. The standard InChI is InChI=1S/C18H16FN5O3/c1-26-16-11(17-22-7-10(19)8-23-17)4-3-5-13(16)24-14-6-15(20)21-9-12(14)18(25)27-2/h3-9H,1-2H3,(H3,20,21,24).